The summed E-state index contributed by atoms with van der Waals surface area (Å²) < 4.78 is 0. The molecule has 2 atom stereocenters. The van der Waals surface area contributed by atoms with Crippen molar-refractivity contribution >= 4 is 11.8 Å². The molecule has 2 aliphatic rings. The van der Waals surface area contributed by atoms with Crippen LogP contribution in [0.25, 0.3) is 0 Å². The lowest BCUT2D eigenvalue weighted by Gasteiger charge is -2.14. The molecule has 0 spiro atoms. The Morgan fingerprint density at radius 2 is 2.20 bits per heavy atom. The van der Waals surface area contributed by atoms with Crippen molar-refractivity contribution in [2.75, 3.05) is 24.6 Å². The Morgan fingerprint density at radius 1 is 1.20 bits per heavy atom. The van der Waals surface area contributed by atoms with Gasteiger partial charge in [0.15, 0.2) is 0 Å². The molecule has 2 heteroatoms. The third-order valence-corrected chi connectivity index (χ3v) is 3.92. The van der Waals surface area contributed by atoms with Crippen LogP contribution in [0.4, 0.5) is 0 Å². The van der Waals surface area contributed by atoms with E-state index >= 15 is 0 Å². The molecule has 2 unspecified atom stereocenters. The first-order chi connectivity index (χ1) is 4.97. The van der Waals surface area contributed by atoms with E-state index in [1.807, 2.05) is 0 Å². The average Bonchev–Trinajstić information content (AvgIpc) is 2.59. The van der Waals surface area contributed by atoms with E-state index in [-0.39, 0.29) is 0 Å². The molecule has 10 heavy (non-hydrogen) atoms. The summed E-state index contributed by atoms with van der Waals surface area (Å²) in [5.74, 6) is 4.93. The Labute approximate surface area is 67.0 Å². The highest BCUT2D eigenvalue weighted by molar-refractivity contribution is 7.99. The second-order valence-electron chi connectivity index (χ2n) is 3.38. The first kappa shape index (κ1) is 6.99. The largest absolute Gasteiger partial charge is 0.316 e. The number of nitrogens with one attached hydrogen (secondary N) is 1. The standard InChI is InChI=1S/C8H15NS/c1-3-9-5-7(1)8-2-4-10-6-8/h7-9H,1-6H2. The van der Waals surface area contributed by atoms with E-state index in [1.54, 1.807) is 0 Å². The van der Waals surface area contributed by atoms with E-state index in [4.69, 9.17) is 0 Å². The average molecular weight is 157 g/mol. The molecule has 2 rings (SSSR count). The van der Waals surface area contributed by atoms with Gasteiger partial charge in [0.25, 0.3) is 0 Å². The lowest BCUT2D eigenvalue weighted by molar-refractivity contribution is 0.396. The summed E-state index contributed by atoms with van der Waals surface area (Å²) in [5, 5.41) is 3.44. The number of thioether (sulfide) groups is 1. The quantitative estimate of drug-likeness (QED) is 0.616. The van der Waals surface area contributed by atoms with Crippen molar-refractivity contribution < 1.29 is 0 Å². The zero-order valence-electron chi connectivity index (χ0n) is 6.31. The van der Waals surface area contributed by atoms with E-state index < -0.39 is 0 Å². The van der Waals surface area contributed by atoms with Gasteiger partial charge in [-0.3, -0.25) is 0 Å². The van der Waals surface area contributed by atoms with Crippen LogP contribution in [-0.4, -0.2) is 24.6 Å². The zero-order valence-corrected chi connectivity index (χ0v) is 7.12. The van der Waals surface area contributed by atoms with Crippen molar-refractivity contribution in [2.45, 2.75) is 12.8 Å². The summed E-state index contributed by atoms with van der Waals surface area (Å²) in [6.45, 7) is 2.57. The molecule has 0 aromatic carbocycles. The summed E-state index contributed by atoms with van der Waals surface area (Å²) in [7, 11) is 0. The number of hydrogen-bond acceptors (Lipinski definition) is 2. The molecule has 0 aliphatic carbocycles. The number of hydrogen-bond donors (Lipinski definition) is 1. The van der Waals surface area contributed by atoms with Gasteiger partial charge in [-0.1, -0.05) is 0 Å². The van der Waals surface area contributed by atoms with Gasteiger partial charge in [-0.2, -0.15) is 11.8 Å². The third-order valence-electron chi connectivity index (χ3n) is 2.73. The van der Waals surface area contributed by atoms with Crippen LogP contribution in [0.3, 0.4) is 0 Å². The van der Waals surface area contributed by atoms with E-state index in [9.17, 15) is 0 Å². The highest BCUT2D eigenvalue weighted by Gasteiger charge is 2.27. The molecule has 0 aromatic heterocycles. The van der Waals surface area contributed by atoms with Crippen LogP contribution in [0.15, 0.2) is 0 Å². The minimum Gasteiger partial charge on any atom is -0.316 e. The van der Waals surface area contributed by atoms with E-state index in [0.29, 0.717) is 0 Å². The van der Waals surface area contributed by atoms with Gasteiger partial charge >= 0.3 is 0 Å². The first-order valence-electron chi connectivity index (χ1n) is 4.25. The van der Waals surface area contributed by atoms with Gasteiger partial charge in [0, 0.05) is 0 Å². The maximum atomic E-state index is 3.44. The van der Waals surface area contributed by atoms with Crippen LogP contribution in [0, 0.1) is 11.8 Å². The van der Waals surface area contributed by atoms with Crippen molar-refractivity contribution in [3.05, 3.63) is 0 Å². The van der Waals surface area contributed by atoms with Crippen LogP contribution < -0.4 is 5.32 Å². The monoisotopic (exact) mass is 157 g/mol. The van der Waals surface area contributed by atoms with E-state index in [1.165, 1.54) is 37.4 Å². The molecule has 2 aliphatic heterocycles. The Morgan fingerprint density at radius 3 is 2.80 bits per heavy atom. The second kappa shape index (κ2) is 3.14. The fraction of sp³-hybridized carbons (Fsp3) is 1.00. The van der Waals surface area contributed by atoms with Gasteiger partial charge in [-0.15, -0.1) is 0 Å². The lowest BCUT2D eigenvalue weighted by atomic mass is 9.91. The van der Waals surface area contributed by atoms with Crippen molar-refractivity contribution in [1.82, 2.24) is 5.32 Å². The molecule has 2 heterocycles. The molecule has 0 saturated carbocycles. The summed E-state index contributed by atoms with van der Waals surface area (Å²) in [6, 6.07) is 0. The molecule has 0 radical (unpaired) electrons. The molecule has 1 N–H and O–H groups in total. The normalized spacial score (nSPS) is 40.8. The highest BCUT2D eigenvalue weighted by Crippen LogP contribution is 2.32. The molecular formula is C8H15NS. The Hall–Kier alpha value is 0.310. The van der Waals surface area contributed by atoms with E-state index in [2.05, 4.69) is 17.1 Å². The maximum absolute atomic E-state index is 3.44. The van der Waals surface area contributed by atoms with Crippen LogP contribution in [0.1, 0.15) is 12.8 Å². The molecular weight excluding hydrogens is 142 g/mol. The predicted molar refractivity (Wildman–Crippen MR) is 46.4 cm³/mol. The fourth-order valence-corrected chi connectivity index (χ4v) is 3.38. The first-order valence-corrected chi connectivity index (χ1v) is 5.41. The molecule has 0 aromatic rings. The summed E-state index contributed by atoms with van der Waals surface area (Å²) >= 11 is 2.14. The lowest BCUT2D eigenvalue weighted by Crippen LogP contribution is -2.17. The summed E-state index contributed by atoms with van der Waals surface area (Å²) in [4.78, 5) is 0. The maximum Gasteiger partial charge on any atom is -0.00171 e. The minimum absolute atomic E-state index is 1.02. The van der Waals surface area contributed by atoms with Gasteiger partial charge < -0.3 is 5.32 Å². The fourth-order valence-electron chi connectivity index (χ4n) is 2.00. The Bertz CT molecular complexity index is 89.8. The van der Waals surface area contributed by atoms with Gasteiger partial charge in [-0.05, 0) is 49.3 Å². The SMILES string of the molecule is C1CC(C2CCSC2)CN1. The zero-order chi connectivity index (χ0) is 6.81. The van der Waals surface area contributed by atoms with E-state index in [0.717, 1.165) is 11.8 Å². The minimum atomic E-state index is 1.02. The molecule has 0 bridgehead atoms. The van der Waals surface area contributed by atoms with Crippen LogP contribution in [0.2, 0.25) is 0 Å². The molecule has 2 fully saturated rings. The predicted octanol–water partition coefficient (Wildman–Crippen LogP) is 1.35. The third kappa shape index (κ3) is 1.32. The topological polar surface area (TPSA) is 12.0 Å². The van der Waals surface area contributed by atoms with Crippen LogP contribution in [0.5, 0.6) is 0 Å². The van der Waals surface area contributed by atoms with Crippen molar-refractivity contribution in [2.24, 2.45) is 11.8 Å². The highest BCUT2D eigenvalue weighted by atomic mass is 32.2. The van der Waals surface area contributed by atoms with Gasteiger partial charge in [0.05, 0.1) is 0 Å². The van der Waals surface area contributed by atoms with Crippen LogP contribution in [-0.2, 0) is 0 Å². The summed E-state index contributed by atoms with van der Waals surface area (Å²) in [6.07, 6.45) is 2.92. The Balaban J connectivity index is 1.85. The van der Waals surface area contributed by atoms with Crippen molar-refractivity contribution in [3.63, 3.8) is 0 Å². The smallest absolute Gasteiger partial charge is 0.00171 e. The molecule has 1 nitrogen and oxygen atoms in total. The molecule has 2 saturated heterocycles. The number of rotatable bonds is 1. The second-order valence-corrected chi connectivity index (χ2v) is 4.53. The van der Waals surface area contributed by atoms with Gasteiger partial charge in [0.2, 0.25) is 0 Å². The van der Waals surface area contributed by atoms with Crippen molar-refractivity contribution in [3.8, 4) is 0 Å². The van der Waals surface area contributed by atoms with Crippen molar-refractivity contribution in [1.29, 1.82) is 0 Å². The molecule has 0 amide bonds. The summed E-state index contributed by atoms with van der Waals surface area (Å²) in [5.41, 5.74) is 0. The van der Waals surface area contributed by atoms with Gasteiger partial charge in [-0.25, -0.2) is 0 Å². The van der Waals surface area contributed by atoms with Crippen LogP contribution >= 0.6 is 11.8 Å². The molecule has 58 valence electrons. The Kier molecular flexibility index (Phi) is 2.19. The van der Waals surface area contributed by atoms with Gasteiger partial charge in [0.1, 0.15) is 0 Å².